The Labute approximate surface area is 94.7 Å². The monoisotopic (exact) mass is 220 g/mol. The molecule has 1 saturated heterocycles. The minimum absolute atomic E-state index is 0.0425. The average Bonchev–Trinajstić information content (AvgIpc) is 2.29. The molecule has 5 nitrogen and oxygen atoms in total. The summed E-state index contributed by atoms with van der Waals surface area (Å²) in [4.78, 5) is 21.8. The fourth-order valence-corrected chi connectivity index (χ4v) is 1.98. The van der Waals surface area contributed by atoms with Crippen LogP contribution in [0.2, 0.25) is 0 Å². The van der Waals surface area contributed by atoms with Crippen LogP contribution in [0, 0.1) is 5.92 Å². The topological polar surface area (TPSA) is 72.1 Å². The Bertz CT molecular complexity index is 376. The van der Waals surface area contributed by atoms with Crippen molar-refractivity contribution in [1.82, 2.24) is 14.9 Å². The van der Waals surface area contributed by atoms with Crippen LogP contribution in [-0.2, 0) is 0 Å². The predicted octanol–water partition coefficient (Wildman–Crippen LogP) is 0.931. The van der Waals surface area contributed by atoms with Crippen LogP contribution >= 0.6 is 0 Å². The van der Waals surface area contributed by atoms with Gasteiger partial charge in [-0.1, -0.05) is 6.92 Å². The third-order valence-electron chi connectivity index (χ3n) is 2.84. The van der Waals surface area contributed by atoms with Gasteiger partial charge in [-0.15, -0.1) is 0 Å². The van der Waals surface area contributed by atoms with Crippen molar-refractivity contribution in [2.75, 3.05) is 18.8 Å². The van der Waals surface area contributed by atoms with Crippen LogP contribution in [0.5, 0.6) is 0 Å². The Hall–Kier alpha value is -1.65. The summed E-state index contributed by atoms with van der Waals surface area (Å²) < 4.78 is 0. The van der Waals surface area contributed by atoms with Gasteiger partial charge in [0, 0.05) is 13.1 Å². The average molecular weight is 220 g/mol. The summed E-state index contributed by atoms with van der Waals surface area (Å²) in [5.41, 5.74) is 5.81. The zero-order valence-electron chi connectivity index (χ0n) is 9.39. The Morgan fingerprint density at radius 3 is 2.94 bits per heavy atom. The fraction of sp³-hybridized carbons (Fsp3) is 0.545. The molecule has 1 aromatic rings. The van der Waals surface area contributed by atoms with E-state index in [0.29, 0.717) is 17.4 Å². The molecule has 1 aromatic heterocycles. The number of nitrogens with two attached hydrogens (primary N) is 1. The van der Waals surface area contributed by atoms with Crippen LogP contribution in [0.15, 0.2) is 12.4 Å². The molecule has 86 valence electrons. The minimum Gasteiger partial charge on any atom is -0.382 e. The second-order valence-corrected chi connectivity index (χ2v) is 4.33. The molecule has 0 aliphatic carbocycles. The van der Waals surface area contributed by atoms with Crippen molar-refractivity contribution in [1.29, 1.82) is 0 Å². The van der Waals surface area contributed by atoms with Crippen molar-refractivity contribution >= 4 is 11.7 Å². The minimum atomic E-state index is -0.0425. The van der Waals surface area contributed by atoms with Gasteiger partial charge in [0.15, 0.2) is 0 Å². The van der Waals surface area contributed by atoms with Crippen molar-refractivity contribution < 1.29 is 4.79 Å². The molecule has 2 N–H and O–H groups in total. The SMILES string of the molecule is CC1CCCN(C(=O)c2cnc(N)cn2)C1. The van der Waals surface area contributed by atoms with E-state index in [1.807, 2.05) is 4.90 Å². The highest BCUT2D eigenvalue weighted by atomic mass is 16.2. The number of anilines is 1. The highest BCUT2D eigenvalue weighted by molar-refractivity contribution is 5.92. The smallest absolute Gasteiger partial charge is 0.274 e. The molecule has 1 atom stereocenters. The second kappa shape index (κ2) is 4.47. The van der Waals surface area contributed by atoms with Gasteiger partial charge in [-0.25, -0.2) is 9.97 Å². The first-order chi connectivity index (χ1) is 7.66. The lowest BCUT2D eigenvalue weighted by molar-refractivity contribution is 0.0676. The maximum absolute atomic E-state index is 12.0. The first kappa shape index (κ1) is 10.9. The van der Waals surface area contributed by atoms with E-state index in [-0.39, 0.29) is 5.91 Å². The van der Waals surface area contributed by atoms with Crippen LogP contribution < -0.4 is 5.73 Å². The molecule has 0 aromatic carbocycles. The molecule has 1 amide bonds. The normalized spacial score (nSPS) is 20.8. The predicted molar refractivity (Wildman–Crippen MR) is 60.7 cm³/mol. The third-order valence-corrected chi connectivity index (χ3v) is 2.84. The van der Waals surface area contributed by atoms with E-state index in [1.54, 1.807) is 0 Å². The number of likely N-dealkylation sites (tertiary alicyclic amines) is 1. The van der Waals surface area contributed by atoms with Gasteiger partial charge in [0.25, 0.3) is 5.91 Å². The van der Waals surface area contributed by atoms with E-state index in [4.69, 9.17) is 5.73 Å². The summed E-state index contributed by atoms with van der Waals surface area (Å²) in [7, 11) is 0. The lowest BCUT2D eigenvalue weighted by Crippen LogP contribution is -2.39. The summed E-state index contributed by atoms with van der Waals surface area (Å²) in [6.45, 7) is 3.79. The van der Waals surface area contributed by atoms with E-state index in [2.05, 4.69) is 16.9 Å². The lowest BCUT2D eigenvalue weighted by Gasteiger charge is -2.30. The zero-order chi connectivity index (χ0) is 11.5. The van der Waals surface area contributed by atoms with Gasteiger partial charge in [-0.2, -0.15) is 0 Å². The summed E-state index contributed by atoms with van der Waals surface area (Å²) in [5, 5.41) is 0. The summed E-state index contributed by atoms with van der Waals surface area (Å²) in [6.07, 6.45) is 5.12. The van der Waals surface area contributed by atoms with Gasteiger partial charge >= 0.3 is 0 Å². The van der Waals surface area contributed by atoms with E-state index in [9.17, 15) is 4.79 Å². The molecule has 2 heterocycles. The molecule has 0 radical (unpaired) electrons. The first-order valence-corrected chi connectivity index (χ1v) is 5.53. The number of aromatic nitrogens is 2. The lowest BCUT2D eigenvalue weighted by atomic mass is 10.0. The van der Waals surface area contributed by atoms with Gasteiger partial charge in [0.2, 0.25) is 0 Å². The second-order valence-electron chi connectivity index (χ2n) is 4.33. The van der Waals surface area contributed by atoms with Crippen LogP contribution in [0.3, 0.4) is 0 Å². The molecule has 1 aliphatic rings. The number of hydrogen-bond acceptors (Lipinski definition) is 4. The number of nitrogens with zero attached hydrogens (tertiary/aromatic N) is 3. The highest BCUT2D eigenvalue weighted by Crippen LogP contribution is 2.17. The molecule has 0 saturated carbocycles. The van der Waals surface area contributed by atoms with Crippen LogP contribution in [-0.4, -0.2) is 33.9 Å². The van der Waals surface area contributed by atoms with Crippen molar-refractivity contribution in [2.24, 2.45) is 5.92 Å². The molecule has 0 bridgehead atoms. The number of carbonyl (C=O) groups is 1. The highest BCUT2D eigenvalue weighted by Gasteiger charge is 2.22. The van der Waals surface area contributed by atoms with Gasteiger partial charge in [0.1, 0.15) is 11.5 Å². The van der Waals surface area contributed by atoms with Crippen LogP contribution in [0.25, 0.3) is 0 Å². The molecule has 2 rings (SSSR count). The Balaban J connectivity index is 2.09. The Kier molecular flexibility index (Phi) is 3.03. The van der Waals surface area contributed by atoms with Crippen LogP contribution in [0.4, 0.5) is 5.82 Å². The van der Waals surface area contributed by atoms with E-state index in [1.165, 1.54) is 18.8 Å². The first-order valence-electron chi connectivity index (χ1n) is 5.53. The van der Waals surface area contributed by atoms with Gasteiger partial charge in [-0.05, 0) is 18.8 Å². The summed E-state index contributed by atoms with van der Waals surface area (Å²) in [6, 6.07) is 0. The third kappa shape index (κ3) is 2.29. The number of hydrogen-bond donors (Lipinski definition) is 1. The van der Waals surface area contributed by atoms with Gasteiger partial charge in [-0.3, -0.25) is 4.79 Å². The summed E-state index contributed by atoms with van der Waals surface area (Å²) in [5.74, 6) is 0.863. The largest absolute Gasteiger partial charge is 0.382 e. The number of piperidine rings is 1. The van der Waals surface area contributed by atoms with Crippen molar-refractivity contribution in [2.45, 2.75) is 19.8 Å². The standard InChI is InChI=1S/C11H16N4O/c1-8-3-2-4-15(7-8)11(16)9-5-14-10(12)6-13-9/h5-6,8H,2-4,7H2,1H3,(H2,12,14). The number of amides is 1. The van der Waals surface area contributed by atoms with Gasteiger partial charge in [0.05, 0.1) is 12.4 Å². The van der Waals surface area contributed by atoms with E-state index in [0.717, 1.165) is 19.5 Å². The molecule has 1 aliphatic heterocycles. The molecule has 5 heteroatoms. The molecule has 0 spiro atoms. The quantitative estimate of drug-likeness (QED) is 0.764. The summed E-state index contributed by atoms with van der Waals surface area (Å²) >= 11 is 0. The zero-order valence-corrected chi connectivity index (χ0v) is 9.39. The maximum atomic E-state index is 12.0. The van der Waals surface area contributed by atoms with Crippen molar-refractivity contribution in [3.05, 3.63) is 18.1 Å². The fourth-order valence-electron chi connectivity index (χ4n) is 1.98. The Morgan fingerprint density at radius 2 is 2.31 bits per heavy atom. The van der Waals surface area contributed by atoms with Crippen LogP contribution in [0.1, 0.15) is 30.3 Å². The Morgan fingerprint density at radius 1 is 1.50 bits per heavy atom. The number of carbonyl (C=O) groups excluding carboxylic acids is 1. The number of rotatable bonds is 1. The van der Waals surface area contributed by atoms with Crippen molar-refractivity contribution in [3.8, 4) is 0 Å². The molecule has 1 unspecified atom stereocenters. The number of nitrogen functional groups attached to an aromatic ring is 1. The van der Waals surface area contributed by atoms with E-state index < -0.39 is 0 Å². The molecule has 16 heavy (non-hydrogen) atoms. The van der Waals surface area contributed by atoms with Gasteiger partial charge < -0.3 is 10.6 Å². The molecule has 1 fully saturated rings. The molecular formula is C11H16N4O. The van der Waals surface area contributed by atoms with E-state index >= 15 is 0 Å². The molecular weight excluding hydrogens is 204 g/mol. The maximum Gasteiger partial charge on any atom is 0.274 e. The van der Waals surface area contributed by atoms with Crippen molar-refractivity contribution in [3.63, 3.8) is 0 Å².